The van der Waals surface area contributed by atoms with Crippen LogP contribution < -0.4 is 4.90 Å². The third-order valence-electron chi connectivity index (χ3n) is 3.87. The summed E-state index contributed by atoms with van der Waals surface area (Å²) in [5.41, 5.74) is 1.66. The summed E-state index contributed by atoms with van der Waals surface area (Å²) in [6.45, 7) is 6.07. The van der Waals surface area contributed by atoms with E-state index in [9.17, 15) is 9.90 Å². The fraction of sp³-hybridized carbons (Fsp3) is 0.500. The van der Waals surface area contributed by atoms with Gasteiger partial charge in [0.25, 0.3) is 0 Å². The predicted molar refractivity (Wildman–Crippen MR) is 75.6 cm³/mol. The Hall–Kier alpha value is -0.870. The minimum absolute atomic E-state index is 0.00560. The van der Waals surface area contributed by atoms with E-state index in [1.165, 1.54) is 0 Å². The van der Waals surface area contributed by atoms with Crippen molar-refractivity contribution in [3.63, 3.8) is 0 Å². The molecule has 1 atom stereocenters. The van der Waals surface area contributed by atoms with Gasteiger partial charge >= 0.3 is 0 Å². The summed E-state index contributed by atoms with van der Waals surface area (Å²) in [5.74, 6) is 0.0784. The molecule has 0 aromatic heterocycles. The Bertz CT molecular complexity index is 485. The highest BCUT2D eigenvalue weighted by molar-refractivity contribution is 9.10. The number of aryl methyl sites for hydroxylation is 1. The van der Waals surface area contributed by atoms with Crippen molar-refractivity contribution in [2.75, 3.05) is 11.5 Å². The molecule has 0 bridgehead atoms. The zero-order valence-electron chi connectivity index (χ0n) is 10.9. The third-order valence-corrected chi connectivity index (χ3v) is 4.76. The maximum Gasteiger partial charge on any atom is 0.227 e. The van der Waals surface area contributed by atoms with Crippen LogP contribution in [0, 0.1) is 12.8 Å². The van der Waals surface area contributed by atoms with Gasteiger partial charge in [-0.05, 0) is 44.5 Å². The highest BCUT2D eigenvalue weighted by Gasteiger charge is 2.46. The predicted octanol–water partition coefficient (Wildman–Crippen LogP) is 2.88. The molecule has 1 aliphatic rings. The molecule has 1 unspecified atom stereocenters. The molecule has 1 amide bonds. The van der Waals surface area contributed by atoms with Gasteiger partial charge in [-0.25, -0.2) is 0 Å². The maximum absolute atomic E-state index is 12.2. The van der Waals surface area contributed by atoms with E-state index in [0.717, 1.165) is 15.7 Å². The van der Waals surface area contributed by atoms with E-state index in [-0.39, 0.29) is 24.0 Å². The number of hydrogen-bond acceptors (Lipinski definition) is 2. The van der Waals surface area contributed by atoms with Crippen molar-refractivity contribution in [3.8, 4) is 0 Å². The Kier molecular flexibility index (Phi) is 3.52. The summed E-state index contributed by atoms with van der Waals surface area (Å²) in [6, 6.07) is 5.90. The standard InChI is InChI=1S/C14H18BrNO2/c1-9-6-11(4-5-12(9)15)16-13(18)7-10(8-17)14(16,2)3/h4-6,10,17H,7-8H2,1-3H3. The Morgan fingerprint density at radius 2 is 2.17 bits per heavy atom. The number of carbonyl (C=O) groups excluding carboxylic acids is 1. The van der Waals surface area contributed by atoms with Crippen LogP contribution >= 0.6 is 15.9 Å². The van der Waals surface area contributed by atoms with Crippen LogP contribution in [0.5, 0.6) is 0 Å². The molecule has 18 heavy (non-hydrogen) atoms. The van der Waals surface area contributed by atoms with E-state index >= 15 is 0 Å². The first kappa shape index (κ1) is 13.6. The van der Waals surface area contributed by atoms with Crippen LogP contribution in [0.2, 0.25) is 0 Å². The van der Waals surface area contributed by atoms with Gasteiger partial charge in [-0.3, -0.25) is 4.79 Å². The molecule has 0 spiro atoms. The lowest BCUT2D eigenvalue weighted by atomic mass is 9.89. The van der Waals surface area contributed by atoms with E-state index in [4.69, 9.17) is 0 Å². The molecule has 1 N–H and O–H groups in total. The van der Waals surface area contributed by atoms with Crippen LogP contribution in [-0.4, -0.2) is 23.2 Å². The lowest BCUT2D eigenvalue weighted by molar-refractivity contribution is -0.117. The normalized spacial score (nSPS) is 22.6. The summed E-state index contributed by atoms with van der Waals surface area (Å²) < 4.78 is 1.04. The second-order valence-corrected chi connectivity index (χ2v) is 6.25. The van der Waals surface area contributed by atoms with Crippen molar-refractivity contribution in [2.24, 2.45) is 5.92 Å². The molecule has 1 aromatic carbocycles. The highest BCUT2D eigenvalue weighted by atomic mass is 79.9. The minimum Gasteiger partial charge on any atom is -0.396 e. The van der Waals surface area contributed by atoms with Crippen molar-refractivity contribution in [2.45, 2.75) is 32.7 Å². The topological polar surface area (TPSA) is 40.5 Å². The SMILES string of the molecule is Cc1cc(N2C(=O)CC(CO)C2(C)C)ccc1Br. The van der Waals surface area contributed by atoms with Gasteiger partial charge in [0.05, 0.1) is 0 Å². The fourth-order valence-electron chi connectivity index (χ4n) is 2.59. The Balaban J connectivity index is 2.43. The van der Waals surface area contributed by atoms with Gasteiger partial charge in [-0.15, -0.1) is 0 Å². The average molecular weight is 312 g/mol. The second kappa shape index (κ2) is 4.67. The number of hydrogen-bond donors (Lipinski definition) is 1. The van der Waals surface area contributed by atoms with Crippen molar-refractivity contribution in [1.82, 2.24) is 0 Å². The highest BCUT2D eigenvalue weighted by Crippen LogP contribution is 2.39. The number of aliphatic hydroxyl groups is 1. The summed E-state index contributed by atoms with van der Waals surface area (Å²) in [7, 11) is 0. The molecule has 1 aliphatic heterocycles. The maximum atomic E-state index is 12.2. The van der Waals surface area contributed by atoms with Gasteiger partial charge in [0.2, 0.25) is 5.91 Å². The van der Waals surface area contributed by atoms with E-state index in [2.05, 4.69) is 15.9 Å². The molecule has 0 aliphatic carbocycles. The van der Waals surface area contributed by atoms with Crippen LogP contribution in [0.3, 0.4) is 0 Å². The zero-order chi connectivity index (χ0) is 13.5. The number of carbonyl (C=O) groups is 1. The lowest BCUT2D eigenvalue weighted by Crippen LogP contribution is -2.45. The van der Waals surface area contributed by atoms with Gasteiger partial charge in [-0.1, -0.05) is 15.9 Å². The molecular weight excluding hydrogens is 294 g/mol. The van der Waals surface area contributed by atoms with E-state index in [1.807, 2.05) is 43.9 Å². The molecule has 2 rings (SSSR count). The number of benzene rings is 1. The van der Waals surface area contributed by atoms with Crippen molar-refractivity contribution >= 4 is 27.5 Å². The van der Waals surface area contributed by atoms with Crippen LogP contribution in [-0.2, 0) is 4.79 Å². The van der Waals surface area contributed by atoms with Crippen LogP contribution in [0.1, 0.15) is 25.8 Å². The van der Waals surface area contributed by atoms with Crippen molar-refractivity contribution < 1.29 is 9.90 Å². The molecule has 0 radical (unpaired) electrons. The Morgan fingerprint density at radius 1 is 1.50 bits per heavy atom. The monoisotopic (exact) mass is 311 g/mol. The van der Waals surface area contributed by atoms with E-state index in [0.29, 0.717) is 6.42 Å². The molecule has 98 valence electrons. The molecule has 1 saturated heterocycles. The first-order chi connectivity index (χ1) is 8.37. The fourth-order valence-corrected chi connectivity index (χ4v) is 2.84. The summed E-state index contributed by atoms with van der Waals surface area (Å²) >= 11 is 3.46. The van der Waals surface area contributed by atoms with Gasteiger partial charge in [-0.2, -0.15) is 0 Å². The molecular formula is C14H18BrNO2. The minimum atomic E-state index is -0.341. The van der Waals surface area contributed by atoms with Crippen LogP contribution in [0.4, 0.5) is 5.69 Å². The van der Waals surface area contributed by atoms with Crippen LogP contribution in [0.25, 0.3) is 0 Å². The first-order valence-corrected chi connectivity index (χ1v) is 6.87. The summed E-state index contributed by atoms with van der Waals surface area (Å²) in [5, 5.41) is 9.40. The Labute approximate surface area is 116 Å². The molecule has 1 fully saturated rings. The molecule has 0 saturated carbocycles. The number of rotatable bonds is 2. The molecule has 3 nitrogen and oxygen atoms in total. The third kappa shape index (κ3) is 2.08. The summed E-state index contributed by atoms with van der Waals surface area (Å²) in [4.78, 5) is 14.0. The average Bonchev–Trinajstić information content (AvgIpc) is 2.52. The van der Waals surface area contributed by atoms with E-state index in [1.54, 1.807) is 0 Å². The van der Waals surface area contributed by atoms with Gasteiger partial charge in [0.1, 0.15) is 0 Å². The smallest absolute Gasteiger partial charge is 0.227 e. The first-order valence-electron chi connectivity index (χ1n) is 6.08. The summed E-state index contributed by atoms with van der Waals surface area (Å²) in [6.07, 6.45) is 0.415. The number of amides is 1. The van der Waals surface area contributed by atoms with Crippen molar-refractivity contribution in [1.29, 1.82) is 0 Å². The van der Waals surface area contributed by atoms with Gasteiger partial charge in [0.15, 0.2) is 0 Å². The Morgan fingerprint density at radius 3 is 2.67 bits per heavy atom. The van der Waals surface area contributed by atoms with E-state index < -0.39 is 0 Å². The zero-order valence-corrected chi connectivity index (χ0v) is 12.5. The van der Waals surface area contributed by atoms with Crippen molar-refractivity contribution in [3.05, 3.63) is 28.2 Å². The number of anilines is 1. The van der Waals surface area contributed by atoms with Gasteiger partial charge < -0.3 is 10.0 Å². The molecule has 1 heterocycles. The number of nitrogens with zero attached hydrogens (tertiary/aromatic N) is 1. The quantitative estimate of drug-likeness (QED) is 0.912. The number of aliphatic hydroxyl groups excluding tert-OH is 1. The molecule has 1 aromatic rings. The van der Waals surface area contributed by atoms with Crippen LogP contribution in [0.15, 0.2) is 22.7 Å². The largest absolute Gasteiger partial charge is 0.396 e. The number of halogens is 1. The van der Waals surface area contributed by atoms with Gasteiger partial charge in [0, 0.05) is 34.6 Å². The molecule has 4 heteroatoms. The lowest BCUT2D eigenvalue weighted by Gasteiger charge is -2.35. The second-order valence-electron chi connectivity index (χ2n) is 5.40.